The minimum absolute atomic E-state index is 0.0678. The van der Waals surface area contributed by atoms with Crippen molar-refractivity contribution in [2.24, 2.45) is 5.10 Å². The average Bonchev–Trinajstić information content (AvgIpc) is 2.87. The van der Waals surface area contributed by atoms with Gasteiger partial charge in [-0.05, 0) is 35.2 Å². The number of rotatable bonds is 10. The molecule has 3 N–H and O–H groups in total. The monoisotopic (exact) mass is 463 g/mol. The van der Waals surface area contributed by atoms with Crippen LogP contribution in [-0.4, -0.2) is 50.2 Å². The van der Waals surface area contributed by atoms with Gasteiger partial charge in [0, 0.05) is 36.9 Å². The first-order valence-electron chi connectivity index (χ1n) is 11.2. The summed E-state index contributed by atoms with van der Waals surface area (Å²) in [6.45, 7) is 1.10. The number of aliphatic hydroxyl groups excluding tert-OH is 1. The minimum Gasteiger partial charge on any atom is -0.493 e. The molecule has 0 aliphatic carbocycles. The molecule has 1 aliphatic heterocycles. The predicted molar refractivity (Wildman–Crippen MR) is 131 cm³/mol. The molecule has 178 valence electrons. The molecule has 0 radical (unpaired) electrons. The van der Waals surface area contributed by atoms with Gasteiger partial charge in [-0.2, -0.15) is 5.10 Å². The third-order valence-corrected chi connectivity index (χ3v) is 5.69. The van der Waals surface area contributed by atoms with Crippen LogP contribution in [0, 0.1) is 0 Å². The summed E-state index contributed by atoms with van der Waals surface area (Å²) < 4.78 is 16.6. The van der Waals surface area contributed by atoms with Crippen LogP contribution in [0.3, 0.4) is 0 Å². The van der Waals surface area contributed by atoms with Crippen LogP contribution in [0.4, 0.5) is 0 Å². The van der Waals surface area contributed by atoms with Crippen molar-refractivity contribution in [3.8, 4) is 17.2 Å². The third-order valence-electron chi connectivity index (χ3n) is 5.69. The van der Waals surface area contributed by atoms with Crippen LogP contribution >= 0.6 is 0 Å². The van der Waals surface area contributed by atoms with Gasteiger partial charge < -0.3 is 24.6 Å². The highest BCUT2D eigenvalue weighted by atomic mass is 16.5. The van der Waals surface area contributed by atoms with E-state index < -0.39 is 6.10 Å². The van der Waals surface area contributed by atoms with E-state index in [-0.39, 0.29) is 12.5 Å². The van der Waals surface area contributed by atoms with E-state index in [0.717, 1.165) is 27.6 Å². The van der Waals surface area contributed by atoms with Gasteiger partial charge >= 0.3 is 0 Å². The molecule has 1 amide bonds. The Kier molecular flexibility index (Phi) is 7.61. The average molecular weight is 464 g/mol. The number of carbonyl (C=O) groups is 1. The molecule has 0 spiro atoms. The van der Waals surface area contributed by atoms with Gasteiger partial charge in [-0.15, -0.1) is 0 Å². The largest absolute Gasteiger partial charge is 0.493 e. The highest BCUT2D eigenvalue weighted by molar-refractivity contribution is 6.13. The standard InChI is InChI=1S/C26H29N3O5/c1-32-24-10-7-17(13-25(24)33-2)14-27-15-18(30)16-34-23-11-8-20(19-5-3-4-6-21(19)23)22-9-12-26(31)29-28-22/h3-8,10-11,13,18,27,30H,9,12,14-16H2,1-2H3,(H,29,31). The SMILES string of the molecule is COc1ccc(CNCC(O)COc2ccc(C3=NNC(=O)CC3)c3ccccc23)cc1OC. The minimum atomic E-state index is -0.684. The Bertz CT molecular complexity index is 1190. The van der Waals surface area contributed by atoms with E-state index >= 15 is 0 Å². The number of hydrogen-bond acceptors (Lipinski definition) is 7. The Balaban J connectivity index is 1.36. The van der Waals surface area contributed by atoms with Gasteiger partial charge in [-0.1, -0.05) is 30.3 Å². The maximum Gasteiger partial charge on any atom is 0.240 e. The lowest BCUT2D eigenvalue weighted by molar-refractivity contribution is -0.121. The Morgan fingerprint density at radius 2 is 1.76 bits per heavy atom. The van der Waals surface area contributed by atoms with Gasteiger partial charge in [0.05, 0.1) is 19.9 Å². The maximum absolute atomic E-state index is 11.4. The molecule has 3 aromatic carbocycles. The van der Waals surface area contributed by atoms with Gasteiger partial charge in [0.25, 0.3) is 0 Å². The second-order valence-corrected chi connectivity index (χ2v) is 8.04. The third kappa shape index (κ3) is 5.47. The zero-order valence-electron chi connectivity index (χ0n) is 19.3. The van der Waals surface area contributed by atoms with E-state index in [0.29, 0.717) is 43.2 Å². The second-order valence-electron chi connectivity index (χ2n) is 8.04. The molecule has 1 heterocycles. The maximum atomic E-state index is 11.4. The lowest BCUT2D eigenvalue weighted by Gasteiger charge is -2.18. The Morgan fingerprint density at radius 1 is 1.00 bits per heavy atom. The Labute approximate surface area is 198 Å². The van der Waals surface area contributed by atoms with Crippen molar-refractivity contribution in [3.63, 3.8) is 0 Å². The summed E-state index contributed by atoms with van der Waals surface area (Å²) in [5, 5.41) is 19.8. The van der Waals surface area contributed by atoms with Crippen molar-refractivity contribution in [1.29, 1.82) is 0 Å². The van der Waals surface area contributed by atoms with Gasteiger partial charge in [-0.3, -0.25) is 4.79 Å². The predicted octanol–water partition coefficient (Wildman–Crippen LogP) is 3.00. The molecule has 1 atom stereocenters. The summed E-state index contributed by atoms with van der Waals surface area (Å²) in [5.74, 6) is 1.97. The van der Waals surface area contributed by atoms with Crippen molar-refractivity contribution in [3.05, 3.63) is 65.7 Å². The summed E-state index contributed by atoms with van der Waals surface area (Å²) in [7, 11) is 3.21. The fourth-order valence-electron chi connectivity index (χ4n) is 3.94. The van der Waals surface area contributed by atoms with Crippen molar-refractivity contribution >= 4 is 22.4 Å². The molecular weight excluding hydrogens is 434 g/mol. The summed E-state index contributed by atoms with van der Waals surface area (Å²) in [6, 6.07) is 17.5. The quantitative estimate of drug-likeness (QED) is 0.427. The van der Waals surface area contributed by atoms with Crippen LogP contribution in [0.1, 0.15) is 24.0 Å². The number of nitrogens with zero attached hydrogens (tertiary/aromatic N) is 1. The van der Waals surface area contributed by atoms with Crippen molar-refractivity contribution < 1.29 is 24.1 Å². The number of amides is 1. The lowest BCUT2D eigenvalue weighted by Crippen LogP contribution is -2.31. The van der Waals surface area contributed by atoms with E-state index in [9.17, 15) is 9.90 Å². The zero-order chi connectivity index (χ0) is 23.9. The van der Waals surface area contributed by atoms with E-state index in [2.05, 4.69) is 15.8 Å². The van der Waals surface area contributed by atoms with Crippen LogP contribution in [0.25, 0.3) is 10.8 Å². The highest BCUT2D eigenvalue weighted by Gasteiger charge is 2.17. The number of aliphatic hydroxyl groups is 1. The van der Waals surface area contributed by atoms with Crippen LogP contribution in [0.5, 0.6) is 17.2 Å². The number of nitrogens with one attached hydrogen (secondary N) is 2. The fraction of sp³-hybridized carbons (Fsp3) is 0.308. The zero-order valence-corrected chi connectivity index (χ0v) is 19.3. The number of hydrogen-bond donors (Lipinski definition) is 3. The van der Waals surface area contributed by atoms with E-state index in [1.54, 1.807) is 14.2 Å². The molecule has 0 bridgehead atoms. The van der Waals surface area contributed by atoms with Gasteiger partial charge in [0.2, 0.25) is 5.91 Å². The van der Waals surface area contributed by atoms with E-state index in [1.807, 2.05) is 54.6 Å². The van der Waals surface area contributed by atoms with Gasteiger partial charge in [0.1, 0.15) is 18.5 Å². The molecule has 0 fully saturated rings. The molecular formula is C26H29N3O5. The van der Waals surface area contributed by atoms with Crippen molar-refractivity contribution in [2.75, 3.05) is 27.4 Å². The molecule has 0 saturated heterocycles. The molecule has 1 aliphatic rings. The topological polar surface area (TPSA) is 101 Å². The molecule has 8 heteroatoms. The highest BCUT2D eigenvalue weighted by Crippen LogP contribution is 2.30. The normalized spacial score (nSPS) is 14.3. The summed E-state index contributed by atoms with van der Waals surface area (Å²) in [4.78, 5) is 11.4. The first-order chi connectivity index (χ1) is 16.6. The van der Waals surface area contributed by atoms with Crippen LogP contribution in [0.15, 0.2) is 59.7 Å². The molecule has 8 nitrogen and oxygen atoms in total. The number of benzene rings is 3. The van der Waals surface area contributed by atoms with Gasteiger partial charge in [-0.25, -0.2) is 5.43 Å². The number of methoxy groups -OCH3 is 2. The molecule has 0 aromatic heterocycles. The van der Waals surface area contributed by atoms with Crippen LogP contribution < -0.4 is 25.0 Å². The lowest BCUT2D eigenvalue weighted by atomic mass is 9.97. The second kappa shape index (κ2) is 11.0. The van der Waals surface area contributed by atoms with Crippen LogP contribution in [-0.2, 0) is 11.3 Å². The number of hydrazone groups is 1. The first kappa shape index (κ1) is 23.5. The fourth-order valence-corrected chi connectivity index (χ4v) is 3.94. The molecule has 3 aromatic rings. The Morgan fingerprint density at radius 3 is 2.50 bits per heavy atom. The van der Waals surface area contributed by atoms with Crippen LogP contribution in [0.2, 0.25) is 0 Å². The van der Waals surface area contributed by atoms with E-state index in [4.69, 9.17) is 14.2 Å². The molecule has 1 unspecified atom stereocenters. The molecule has 4 rings (SSSR count). The molecule has 0 saturated carbocycles. The summed E-state index contributed by atoms with van der Waals surface area (Å²) in [6.07, 6.45) is 0.338. The summed E-state index contributed by atoms with van der Waals surface area (Å²) >= 11 is 0. The summed E-state index contributed by atoms with van der Waals surface area (Å²) in [5.41, 5.74) is 5.40. The van der Waals surface area contributed by atoms with Gasteiger partial charge in [0.15, 0.2) is 11.5 Å². The number of ether oxygens (including phenoxy) is 3. The van der Waals surface area contributed by atoms with Crippen molar-refractivity contribution in [2.45, 2.75) is 25.5 Å². The number of fused-ring (bicyclic) bond motifs is 1. The Hall–Kier alpha value is -3.62. The molecule has 34 heavy (non-hydrogen) atoms. The van der Waals surface area contributed by atoms with E-state index in [1.165, 1.54) is 0 Å². The van der Waals surface area contributed by atoms with Crippen molar-refractivity contribution in [1.82, 2.24) is 10.7 Å². The smallest absolute Gasteiger partial charge is 0.240 e. The number of carbonyl (C=O) groups excluding carboxylic acids is 1. The first-order valence-corrected chi connectivity index (χ1v) is 11.2.